The van der Waals surface area contributed by atoms with Gasteiger partial charge >= 0.3 is 12.0 Å². The lowest BCUT2D eigenvalue weighted by molar-refractivity contribution is -0.138. The van der Waals surface area contributed by atoms with Crippen molar-refractivity contribution in [1.29, 1.82) is 0 Å². The van der Waals surface area contributed by atoms with E-state index in [4.69, 9.17) is 4.74 Å². The summed E-state index contributed by atoms with van der Waals surface area (Å²) in [5.74, 6) is -1.72. The van der Waals surface area contributed by atoms with Gasteiger partial charge in [-0.25, -0.2) is 4.79 Å². The lowest BCUT2D eigenvalue weighted by atomic mass is 9.99. The zero-order valence-corrected chi connectivity index (χ0v) is 11.7. The average molecular weight is 280 g/mol. The fraction of sp³-hybridized carbons (Fsp3) is 0.429. The number of carbonyl (C=O) groups excluding carboxylic acids is 1. The molecule has 0 aliphatic carbocycles. The van der Waals surface area contributed by atoms with Crippen molar-refractivity contribution in [1.82, 2.24) is 10.2 Å². The van der Waals surface area contributed by atoms with Crippen LogP contribution in [-0.4, -0.2) is 55.9 Å². The molecule has 1 rings (SSSR count). The number of amides is 2. The number of methoxy groups -OCH3 is 1. The molecule has 20 heavy (non-hydrogen) atoms. The van der Waals surface area contributed by atoms with E-state index in [1.54, 1.807) is 38.4 Å². The third-order valence-electron chi connectivity index (χ3n) is 2.93. The first-order valence-corrected chi connectivity index (χ1v) is 6.32. The number of likely N-dealkylation sites (N-methyl/N-ethyl adjacent to an activating group) is 1. The highest BCUT2D eigenvalue weighted by molar-refractivity contribution is 5.79. The largest absolute Gasteiger partial charge is 0.481 e. The summed E-state index contributed by atoms with van der Waals surface area (Å²) in [6, 6.07) is 8.53. The first kappa shape index (κ1) is 16.0. The Kier molecular flexibility index (Phi) is 6.52. The van der Waals surface area contributed by atoms with Crippen LogP contribution in [0, 0.1) is 0 Å². The van der Waals surface area contributed by atoms with Gasteiger partial charge in [-0.2, -0.15) is 0 Å². The summed E-state index contributed by atoms with van der Waals surface area (Å²) in [5.41, 5.74) is 0.667. The van der Waals surface area contributed by atoms with Crippen LogP contribution in [0.2, 0.25) is 0 Å². The van der Waals surface area contributed by atoms with E-state index in [9.17, 15) is 14.7 Å². The Hall–Kier alpha value is -2.08. The van der Waals surface area contributed by atoms with Gasteiger partial charge in [-0.3, -0.25) is 4.79 Å². The number of aliphatic carboxylic acids is 1. The van der Waals surface area contributed by atoms with Crippen LogP contribution in [0.25, 0.3) is 0 Å². The molecule has 0 bridgehead atoms. The zero-order valence-electron chi connectivity index (χ0n) is 11.7. The molecule has 1 unspecified atom stereocenters. The van der Waals surface area contributed by atoms with E-state index >= 15 is 0 Å². The number of ether oxygens (including phenoxy) is 1. The summed E-state index contributed by atoms with van der Waals surface area (Å²) in [4.78, 5) is 24.5. The average Bonchev–Trinajstić information content (AvgIpc) is 2.45. The van der Waals surface area contributed by atoms with Crippen LogP contribution in [0.15, 0.2) is 30.3 Å². The van der Waals surface area contributed by atoms with E-state index in [2.05, 4.69) is 5.32 Å². The van der Waals surface area contributed by atoms with Gasteiger partial charge in [-0.05, 0) is 5.56 Å². The SMILES string of the molecule is COCCN(C)C(=O)NCC(C(=O)O)c1ccccc1. The number of carboxylic acids is 1. The summed E-state index contributed by atoms with van der Waals surface area (Å²) >= 11 is 0. The van der Waals surface area contributed by atoms with Gasteiger partial charge in [-0.15, -0.1) is 0 Å². The van der Waals surface area contributed by atoms with Gasteiger partial charge in [0.2, 0.25) is 0 Å². The maximum Gasteiger partial charge on any atom is 0.317 e. The second kappa shape index (κ2) is 8.16. The first-order chi connectivity index (χ1) is 9.56. The standard InChI is InChI=1S/C14H20N2O4/c1-16(8-9-20-2)14(19)15-10-12(13(17)18)11-6-4-3-5-7-11/h3-7,12H,8-10H2,1-2H3,(H,15,19)(H,17,18). The minimum absolute atomic E-state index is 0.0511. The molecular weight excluding hydrogens is 260 g/mol. The lowest BCUT2D eigenvalue weighted by Gasteiger charge is -2.19. The molecule has 2 N–H and O–H groups in total. The fourth-order valence-corrected chi connectivity index (χ4v) is 1.69. The number of benzene rings is 1. The first-order valence-electron chi connectivity index (χ1n) is 6.32. The van der Waals surface area contributed by atoms with Crippen molar-refractivity contribution >= 4 is 12.0 Å². The predicted molar refractivity (Wildman–Crippen MR) is 74.7 cm³/mol. The maximum absolute atomic E-state index is 11.8. The second-order valence-corrected chi connectivity index (χ2v) is 4.40. The van der Waals surface area contributed by atoms with E-state index in [1.807, 2.05) is 6.07 Å². The summed E-state index contributed by atoms with van der Waals surface area (Å²) in [6.45, 7) is 0.936. The van der Waals surface area contributed by atoms with Gasteiger partial charge in [0.15, 0.2) is 0 Å². The molecule has 1 aromatic carbocycles. The molecule has 2 amide bonds. The number of urea groups is 1. The van der Waals surface area contributed by atoms with E-state index in [1.165, 1.54) is 4.90 Å². The van der Waals surface area contributed by atoms with Crippen LogP contribution in [0.3, 0.4) is 0 Å². The monoisotopic (exact) mass is 280 g/mol. The van der Waals surface area contributed by atoms with Crippen LogP contribution >= 0.6 is 0 Å². The van der Waals surface area contributed by atoms with Gasteiger partial charge in [-0.1, -0.05) is 30.3 Å². The minimum Gasteiger partial charge on any atom is -0.481 e. The van der Waals surface area contributed by atoms with Gasteiger partial charge in [0.25, 0.3) is 0 Å². The maximum atomic E-state index is 11.8. The summed E-state index contributed by atoms with van der Waals surface area (Å²) in [5, 5.41) is 11.9. The van der Waals surface area contributed by atoms with Crippen molar-refractivity contribution in [2.45, 2.75) is 5.92 Å². The van der Waals surface area contributed by atoms with E-state index in [0.717, 1.165) is 0 Å². The zero-order chi connectivity index (χ0) is 15.0. The third kappa shape index (κ3) is 4.89. The Balaban J connectivity index is 2.56. The molecule has 6 heteroatoms. The molecule has 0 fully saturated rings. The Bertz CT molecular complexity index is 436. The molecule has 0 radical (unpaired) electrons. The Morgan fingerprint density at radius 1 is 1.35 bits per heavy atom. The Morgan fingerprint density at radius 2 is 2.00 bits per heavy atom. The Morgan fingerprint density at radius 3 is 2.55 bits per heavy atom. The fourth-order valence-electron chi connectivity index (χ4n) is 1.69. The molecular formula is C14H20N2O4. The highest BCUT2D eigenvalue weighted by Crippen LogP contribution is 2.14. The van der Waals surface area contributed by atoms with Crippen LogP contribution in [0.1, 0.15) is 11.5 Å². The van der Waals surface area contributed by atoms with Gasteiger partial charge < -0.3 is 20.1 Å². The number of hydrogen-bond donors (Lipinski definition) is 2. The van der Waals surface area contributed by atoms with E-state index < -0.39 is 11.9 Å². The van der Waals surface area contributed by atoms with Crippen LogP contribution in [-0.2, 0) is 9.53 Å². The van der Waals surface area contributed by atoms with Crippen molar-refractivity contribution in [3.05, 3.63) is 35.9 Å². The number of nitrogens with zero attached hydrogens (tertiary/aromatic N) is 1. The highest BCUT2D eigenvalue weighted by atomic mass is 16.5. The van der Waals surface area contributed by atoms with E-state index in [0.29, 0.717) is 18.7 Å². The van der Waals surface area contributed by atoms with Crippen molar-refractivity contribution in [2.75, 3.05) is 33.9 Å². The normalized spacial score (nSPS) is 11.7. The molecule has 0 aliphatic rings. The second-order valence-electron chi connectivity index (χ2n) is 4.40. The molecule has 0 spiro atoms. The summed E-state index contributed by atoms with van der Waals surface area (Å²) in [6.07, 6.45) is 0. The van der Waals surface area contributed by atoms with Gasteiger partial charge in [0.1, 0.15) is 0 Å². The smallest absolute Gasteiger partial charge is 0.317 e. The van der Waals surface area contributed by atoms with Crippen LogP contribution < -0.4 is 5.32 Å². The molecule has 1 atom stereocenters. The topological polar surface area (TPSA) is 78.9 Å². The van der Waals surface area contributed by atoms with Crippen molar-refractivity contribution in [3.63, 3.8) is 0 Å². The molecule has 0 aromatic heterocycles. The molecule has 0 heterocycles. The quantitative estimate of drug-likeness (QED) is 0.785. The van der Waals surface area contributed by atoms with Crippen LogP contribution in [0.5, 0.6) is 0 Å². The highest BCUT2D eigenvalue weighted by Gasteiger charge is 2.21. The van der Waals surface area contributed by atoms with Crippen molar-refractivity contribution in [2.24, 2.45) is 0 Å². The predicted octanol–water partition coefficient (Wildman–Crippen LogP) is 1.14. The molecule has 0 saturated carbocycles. The van der Waals surface area contributed by atoms with Crippen LogP contribution in [0.4, 0.5) is 4.79 Å². The van der Waals surface area contributed by atoms with Crippen molar-refractivity contribution in [3.8, 4) is 0 Å². The number of carboxylic acid groups (broad SMARTS) is 1. The van der Waals surface area contributed by atoms with Gasteiger partial charge in [0, 0.05) is 27.2 Å². The lowest BCUT2D eigenvalue weighted by Crippen LogP contribution is -2.41. The molecule has 0 aliphatic heterocycles. The van der Waals surface area contributed by atoms with Gasteiger partial charge in [0.05, 0.1) is 12.5 Å². The molecule has 6 nitrogen and oxygen atoms in total. The number of hydrogen-bond acceptors (Lipinski definition) is 3. The number of nitrogens with one attached hydrogen (secondary N) is 1. The molecule has 0 saturated heterocycles. The molecule has 1 aromatic rings. The third-order valence-corrected chi connectivity index (χ3v) is 2.93. The Labute approximate surface area is 118 Å². The number of carbonyl (C=O) groups is 2. The summed E-state index contributed by atoms with van der Waals surface area (Å²) < 4.78 is 4.88. The van der Waals surface area contributed by atoms with E-state index in [-0.39, 0.29) is 12.6 Å². The minimum atomic E-state index is -0.962. The number of rotatable bonds is 7. The van der Waals surface area contributed by atoms with Crippen molar-refractivity contribution < 1.29 is 19.4 Å². The summed E-state index contributed by atoms with van der Waals surface area (Å²) in [7, 11) is 3.19. The molecule has 110 valence electrons.